The number of nitrogens with zero attached hydrogens (tertiary/aromatic N) is 2. The molecule has 0 saturated heterocycles. The summed E-state index contributed by atoms with van der Waals surface area (Å²) in [6.45, 7) is 0. The summed E-state index contributed by atoms with van der Waals surface area (Å²) in [5.74, 6) is 0.0430. The van der Waals surface area contributed by atoms with Crippen molar-refractivity contribution in [3.63, 3.8) is 0 Å². The minimum absolute atomic E-state index is 0.184. The molecule has 2 aromatic carbocycles. The minimum atomic E-state index is -0.736. The average Bonchev–Trinajstić information content (AvgIpc) is 2.97. The molecule has 1 N–H and O–H groups in total. The lowest BCUT2D eigenvalue weighted by molar-refractivity contribution is 0.165. The van der Waals surface area contributed by atoms with E-state index in [0.29, 0.717) is 0 Å². The van der Waals surface area contributed by atoms with Crippen LogP contribution in [-0.2, 0) is 6.42 Å². The van der Waals surface area contributed by atoms with E-state index in [1.165, 1.54) is 6.07 Å². The highest BCUT2D eigenvalue weighted by molar-refractivity contribution is 5.54. The number of benzene rings is 2. The van der Waals surface area contributed by atoms with Crippen molar-refractivity contribution < 1.29 is 14.0 Å². The number of halogens is 1. The van der Waals surface area contributed by atoms with Crippen LogP contribution in [-0.4, -0.2) is 15.2 Å². The highest BCUT2D eigenvalue weighted by Gasteiger charge is 2.16. The van der Waals surface area contributed by atoms with Crippen LogP contribution in [0.3, 0.4) is 0 Å². The zero-order chi connectivity index (χ0) is 14.7. The number of aromatic nitrogens is 2. The molecule has 1 heterocycles. The number of aliphatic hydroxyl groups excluding tert-OH is 1. The maximum absolute atomic E-state index is 13.6. The first kappa shape index (κ1) is 13.5. The van der Waals surface area contributed by atoms with Gasteiger partial charge in [-0.25, -0.2) is 4.39 Å². The molecule has 0 amide bonds. The van der Waals surface area contributed by atoms with Crippen molar-refractivity contribution in [2.24, 2.45) is 0 Å². The second-order valence-corrected chi connectivity index (χ2v) is 4.62. The van der Waals surface area contributed by atoms with Gasteiger partial charge in [0.25, 0.3) is 0 Å². The number of hydrogen-bond acceptors (Lipinski definition) is 4. The highest BCUT2D eigenvalue weighted by atomic mass is 19.1. The summed E-state index contributed by atoms with van der Waals surface area (Å²) in [6.07, 6.45) is -0.550. The molecule has 0 aliphatic heterocycles. The van der Waals surface area contributed by atoms with E-state index in [0.717, 1.165) is 5.56 Å². The monoisotopic (exact) mass is 284 g/mol. The summed E-state index contributed by atoms with van der Waals surface area (Å²) >= 11 is 0. The van der Waals surface area contributed by atoms with E-state index < -0.39 is 11.9 Å². The fourth-order valence-electron chi connectivity index (χ4n) is 2.05. The van der Waals surface area contributed by atoms with E-state index in [4.69, 9.17) is 4.52 Å². The van der Waals surface area contributed by atoms with Crippen molar-refractivity contribution in [2.45, 2.75) is 12.5 Å². The Bertz CT molecular complexity index is 728. The number of aliphatic hydroxyl groups is 1. The maximum atomic E-state index is 13.6. The fourth-order valence-corrected chi connectivity index (χ4v) is 2.05. The van der Waals surface area contributed by atoms with Crippen molar-refractivity contribution in [3.05, 3.63) is 71.9 Å². The molecule has 4 nitrogen and oxygen atoms in total. The van der Waals surface area contributed by atoms with Crippen LogP contribution in [0.25, 0.3) is 11.4 Å². The highest BCUT2D eigenvalue weighted by Crippen LogP contribution is 2.22. The van der Waals surface area contributed by atoms with E-state index in [1.807, 2.05) is 30.3 Å². The molecule has 0 fully saturated rings. The first-order valence-electron chi connectivity index (χ1n) is 6.54. The Labute approximate surface area is 120 Å². The van der Waals surface area contributed by atoms with Gasteiger partial charge in [0.05, 0.1) is 18.1 Å². The summed E-state index contributed by atoms with van der Waals surface area (Å²) in [5.41, 5.74) is 1.05. The molecule has 0 aliphatic rings. The van der Waals surface area contributed by atoms with Gasteiger partial charge in [-0.3, -0.25) is 0 Å². The Kier molecular flexibility index (Phi) is 3.75. The van der Waals surface area contributed by atoms with Gasteiger partial charge in [-0.1, -0.05) is 47.6 Å². The summed E-state index contributed by atoms with van der Waals surface area (Å²) in [6, 6.07) is 15.4. The van der Waals surface area contributed by atoms with Gasteiger partial charge in [0.2, 0.25) is 11.7 Å². The molecule has 21 heavy (non-hydrogen) atoms. The summed E-state index contributed by atoms with van der Waals surface area (Å²) in [7, 11) is 0. The molecule has 3 rings (SSSR count). The molecular weight excluding hydrogens is 271 g/mol. The SMILES string of the molecule is OC(Cc1nc(-c2ccccc2F)no1)c1ccccc1. The lowest BCUT2D eigenvalue weighted by atomic mass is 10.1. The van der Waals surface area contributed by atoms with Gasteiger partial charge in [-0.15, -0.1) is 0 Å². The Morgan fingerprint density at radius 1 is 1.05 bits per heavy atom. The normalized spacial score (nSPS) is 12.3. The molecule has 1 atom stereocenters. The van der Waals surface area contributed by atoms with Gasteiger partial charge in [-0.05, 0) is 17.7 Å². The quantitative estimate of drug-likeness (QED) is 0.799. The molecule has 0 bridgehead atoms. The molecule has 0 radical (unpaired) electrons. The Morgan fingerprint density at radius 2 is 1.76 bits per heavy atom. The van der Waals surface area contributed by atoms with Crippen LogP contribution in [0.4, 0.5) is 4.39 Å². The van der Waals surface area contributed by atoms with Crippen LogP contribution in [0.15, 0.2) is 59.1 Å². The average molecular weight is 284 g/mol. The van der Waals surface area contributed by atoms with Gasteiger partial charge < -0.3 is 9.63 Å². The largest absolute Gasteiger partial charge is 0.388 e. The summed E-state index contributed by atoms with van der Waals surface area (Å²) in [5, 5.41) is 13.9. The van der Waals surface area contributed by atoms with E-state index >= 15 is 0 Å². The van der Waals surface area contributed by atoms with Gasteiger partial charge in [0.1, 0.15) is 5.82 Å². The third kappa shape index (κ3) is 2.98. The van der Waals surface area contributed by atoms with Gasteiger partial charge in [0.15, 0.2) is 0 Å². The Morgan fingerprint density at radius 3 is 2.52 bits per heavy atom. The lowest BCUT2D eigenvalue weighted by Crippen LogP contribution is -2.01. The lowest BCUT2D eigenvalue weighted by Gasteiger charge is -2.07. The van der Waals surface area contributed by atoms with E-state index in [9.17, 15) is 9.50 Å². The van der Waals surface area contributed by atoms with Crippen molar-refractivity contribution in [1.82, 2.24) is 10.1 Å². The van der Waals surface area contributed by atoms with Crippen LogP contribution < -0.4 is 0 Å². The van der Waals surface area contributed by atoms with E-state index in [2.05, 4.69) is 10.1 Å². The maximum Gasteiger partial charge on any atom is 0.229 e. The smallest absolute Gasteiger partial charge is 0.229 e. The molecule has 1 unspecified atom stereocenters. The van der Waals surface area contributed by atoms with Gasteiger partial charge in [-0.2, -0.15) is 4.98 Å². The number of hydrogen-bond donors (Lipinski definition) is 1. The molecule has 106 valence electrons. The van der Waals surface area contributed by atoms with Crippen LogP contribution in [0.1, 0.15) is 17.6 Å². The molecule has 3 aromatic rings. The van der Waals surface area contributed by atoms with Crippen molar-refractivity contribution >= 4 is 0 Å². The molecule has 0 saturated carbocycles. The Balaban J connectivity index is 1.78. The summed E-state index contributed by atoms with van der Waals surface area (Å²) < 4.78 is 18.7. The predicted molar refractivity (Wildman–Crippen MR) is 74.8 cm³/mol. The van der Waals surface area contributed by atoms with Crippen molar-refractivity contribution in [3.8, 4) is 11.4 Å². The third-order valence-corrected chi connectivity index (χ3v) is 3.14. The summed E-state index contributed by atoms with van der Waals surface area (Å²) in [4.78, 5) is 4.13. The van der Waals surface area contributed by atoms with Crippen LogP contribution in [0.2, 0.25) is 0 Å². The van der Waals surface area contributed by atoms with E-state index in [1.54, 1.807) is 18.2 Å². The second-order valence-electron chi connectivity index (χ2n) is 4.62. The first-order chi connectivity index (χ1) is 10.2. The second kappa shape index (κ2) is 5.85. The van der Waals surface area contributed by atoms with Crippen molar-refractivity contribution in [2.75, 3.05) is 0 Å². The fraction of sp³-hybridized carbons (Fsp3) is 0.125. The zero-order valence-corrected chi connectivity index (χ0v) is 11.1. The Hall–Kier alpha value is -2.53. The first-order valence-corrected chi connectivity index (χ1v) is 6.54. The number of rotatable bonds is 4. The van der Waals surface area contributed by atoms with Crippen molar-refractivity contribution in [1.29, 1.82) is 0 Å². The molecule has 5 heteroatoms. The zero-order valence-electron chi connectivity index (χ0n) is 11.1. The molecule has 0 aliphatic carbocycles. The van der Waals surface area contributed by atoms with Crippen LogP contribution >= 0.6 is 0 Å². The van der Waals surface area contributed by atoms with Crippen LogP contribution in [0, 0.1) is 5.82 Å². The van der Waals surface area contributed by atoms with Gasteiger partial charge in [0, 0.05) is 0 Å². The topological polar surface area (TPSA) is 59.2 Å². The predicted octanol–water partition coefficient (Wildman–Crippen LogP) is 3.15. The van der Waals surface area contributed by atoms with Gasteiger partial charge >= 0.3 is 0 Å². The third-order valence-electron chi connectivity index (χ3n) is 3.14. The van der Waals surface area contributed by atoms with Crippen LogP contribution in [0.5, 0.6) is 0 Å². The standard InChI is InChI=1S/C16H13FN2O2/c17-13-9-5-4-8-12(13)16-18-15(21-19-16)10-14(20)11-6-2-1-3-7-11/h1-9,14,20H,10H2. The molecule has 0 spiro atoms. The minimum Gasteiger partial charge on any atom is -0.388 e. The molecule has 1 aromatic heterocycles. The van der Waals surface area contributed by atoms with E-state index in [-0.39, 0.29) is 23.7 Å². The molecular formula is C16H13FN2O2.